The minimum absolute atomic E-state index is 0.397. The van der Waals surface area contributed by atoms with Crippen LogP contribution in [-0.2, 0) is 6.54 Å². The summed E-state index contributed by atoms with van der Waals surface area (Å²) in [4.78, 5) is 19.3. The second-order valence-corrected chi connectivity index (χ2v) is 3.92. The lowest BCUT2D eigenvalue weighted by Gasteiger charge is -2.05. The third kappa shape index (κ3) is 3.04. The van der Waals surface area contributed by atoms with Gasteiger partial charge in [-0.05, 0) is 31.2 Å². The summed E-state index contributed by atoms with van der Waals surface area (Å²) in [6.45, 7) is 2.54. The first-order valence-corrected chi connectivity index (χ1v) is 5.57. The quantitative estimate of drug-likeness (QED) is 0.851. The van der Waals surface area contributed by atoms with E-state index < -0.39 is 5.91 Å². The molecular weight excluding hydrogens is 228 g/mol. The highest BCUT2D eigenvalue weighted by atomic mass is 16.1. The van der Waals surface area contributed by atoms with Crippen molar-refractivity contribution in [1.82, 2.24) is 9.97 Å². The number of nitrogens with two attached hydrogens (primary N) is 1. The van der Waals surface area contributed by atoms with Gasteiger partial charge in [0.2, 0.25) is 5.91 Å². The number of anilines is 1. The van der Waals surface area contributed by atoms with E-state index in [1.165, 1.54) is 6.20 Å². The van der Waals surface area contributed by atoms with Gasteiger partial charge in [-0.1, -0.05) is 6.07 Å². The molecule has 0 atom stereocenters. The van der Waals surface area contributed by atoms with Crippen LogP contribution in [0.1, 0.15) is 21.7 Å². The summed E-state index contributed by atoms with van der Waals surface area (Å²) in [6.07, 6.45) is 1.45. The first-order chi connectivity index (χ1) is 8.65. The van der Waals surface area contributed by atoms with E-state index in [2.05, 4.69) is 15.3 Å². The van der Waals surface area contributed by atoms with Gasteiger partial charge in [-0.2, -0.15) is 0 Å². The standard InChI is InChI=1S/C13H14N4O/c1-9-3-2-4-11(17-9)8-16-12-6-5-10(7-15-12)13(14)18/h2-7H,8H2,1H3,(H2,14,18)(H,15,16). The minimum atomic E-state index is -0.477. The average Bonchev–Trinajstić information content (AvgIpc) is 2.37. The van der Waals surface area contributed by atoms with Crippen LogP contribution in [0.4, 0.5) is 5.82 Å². The molecule has 0 spiro atoms. The van der Waals surface area contributed by atoms with Gasteiger partial charge in [0.15, 0.2) is 0 Å². The summed E-state index contributed by atoms with van der Waals surface area (Å²) < 4.78 is 0. The number of pyridine rings is 2. The summed E-state index contributed by atoms with van der Waals surface area (Å²) in [6, 6.07) is 9.21. The lowest BCUT2D eigenvalue weighted by atomic mass is 10.2. The molecule has 0 aliphatic carbocycles. The number of amides is 1. The van der Waals surface area contributed by atoms with Crippen LogP contribution in [-0.4, -0.2) is 15.9 Å². The molecule has 2 aromatic heterocycles. The second-order valence-electron chi connectivity index (χ2n) is 3.92. The van der Waals surface area contributed by atoms with Gasteiger partial charge >= 0.3 is 0 Å². The van der Waals surface area contributed by atoms with E-state index >= 15 is 0 Å². The van der Waals surface area contributed by atoms with E-state index in [1.807, 2.05) is 25.1 Å². The van der Waals surface area contributed by atoms with Crippen LogP contribution in [0.2, 0.25) is 0 Å². The highest BCUT2D eigenvalue weighted by molar-refractivity contribution is 5.92. The predicted molar refractivity (Wildman–Crippen MR) is 69.1 cm³/mol. The molecule has 0 aliphatic rings. The van der Waals surface area contributed by atoms with Crippen molar-refractivity contribution < 1.29 is 4.79 Å². The Morgan fingerprint density at radius 2 is 2.17 bits per heavy atom. The van der Waals surface area contributed by atoms with E-state index in [1.54, 1.807) is 12.1 Å². The van der Waals surface area contributed by atoms with Crippen molar-refractivity contribution in [1.29, 1.82) is 0 Å². The minimum Gasteiger partial charge on any atom is -0.366 e. The largest absolute Gasteiger partial charge is 0.366 e. The Hall–Kier alpha value is -2.43. The van der Waals surface area contributed by atoms with Crippen LogP contribution in [0.3, 0.4) is 0 Å². The Morgan fingerprint density at radius 1 is 1.33 bits per heavy atom. The number of carbonyl (C=O) groups is 1. The SMILES string of the molecule is Cc1cccc(CNc2ccc(C(N)=O)cn2)n1. The number of nitrogens with zero attached hydrogens (tertiary/aromatic N) is 2. The molecule has 92 valence electrons. The smallest absolute Gasteiger partial charge is 0.250 e. The lowest BCUT2D eigenvalue weighted by Crippen LogP contribution is -2.11. The number of aryl methyl sites for hydroxylation is 1. The molecule has 2 heterocycles. The Morgan fingerprint density at radius 3 is 2.78 bits per heavy atom. The number of hydrogen-bond donors (Lipinski definition) is 2. The molecule has 0 bridgehead atoms. The first-order valence-electron chi connectivity index (χ1n) is 5.57. The number of nitrogens with one attached hydrogen (secondary N) is 1. The average molecular weight is 242 g/mol. The molecule has 0 aliphatic heterocycles. The molecule has 0 fully saturated rings. The summed E-state index contributed by atoms with van der Waals surface area (Å²) >= 11 is 0. The van der Waals surface area contributed by atoms with Crippen LogP contribution in [0.15, 0.2) is 36.5 Å². The Kier molecular flexibility index (Phi) is 3.52. The van der Waals surface area contributed by atoms with Crippen molar-refractivity contribution in [3.05, 3.63) is 53.5 Å². The maximum Gasteiger partial charge on any atom is 0.250 e. The Balaban J connectivity index is 2.00. The fourth-order valence-electron chi connectivity index (χ4n) is 1.52. The number of hydrogen-bond acceptors (Lipinski definition) is 4. The summed E-state index contributed by atoms with van der Waals surface area (Å²) in [5.41, 5.74) is 7.45. The van der Waals surface area contributed by atoms with Crippen molar-refractivity contribution in [3.8, 4) is 0 Å². The van der Waals surface area contributed by atoms with Gasteiger partial charge < -0.3 is 11.1 Å². The molecule has 0 saturated carbocycles. The van der Waals surface area contributed by atoms with Crippen molar-refractivity contribution in [2.24, 2.45) is 5.73 Å². The molecule has 3 N–H and O–H groups in total. The van der Waals surface area contributed by atoms with E-state index in [0.29, 0.717) is 17.9 Å². The zero-order chi connectivity index (χ0) is 13.0. The number of rotatable bonds is 4. The zero-order valence-electron chi connectivity index (χ0n) is 10.1. The fourth-order valence-corrected chi connectivity index (χ4v) is 1.52. The van der Waals surface area contributed by atoms with Gasteiger partial charge in [0.1, 0.15) is 5.82 Å². The van der Waals surface area contributed by atoms with Crippen LogP contribution in [0.5, 0.6) is 0 Å². The molecule has 18 heavy (non-hydrogen) atoms. The van der Waals surface area contributed by atoms with Gasteiger partial charge in [-0.25, -0.2) is 4.98 Å². The Bertz CT molecular complexity index is 551. The topological polar surface area (TPSA) is 80.9 Å². The van der Waals surface area contributed by atoms with E-state index in [0.717, 1.165) is 11.4 Å². The lowest BCUT2D eigenvalue weighted by molar-refractivity contribution is 0.1000. The number of primary amides is 1. The van der Waals surface area contributed by atoms with Crippen LogP contribution in [0, 0.1) is 6.92 Å². The van der Waals surface area contributed by atoms with E-state index in [4.69, 9.17) is 5.73 Å². The predicted octanol–water partition coefficient (Wildman–Crippen LogP) is 1.50. The summed E-state index contributed by atoms with van der Waals surface area (Å²) in [7, 11) is 0. The highest BCUT2D eigenvalue weighted by Crippen LogP contribution is 2.06. The molecule has 2 rings (SSSR count). The number of aromatic nitrogens is 2. The second kappa shape index (κ2) is 5.27. The van der Waals surface area contributed by atoms with E-state index in [-0.39, 0.29) is 0 Å². The van der Waals surface area contributed by atoms with Gasteiger partial charge in [0.25, 0.3) is 0 Å². The van der Waals surface area contributed by atoms with Gasteiger partial charge in [-0.15, -0.1) is 0 Å². The normalized spacial score (nSPS) is 10.1. The fraction of sp³-hybridized carbons (Fsp3) is 0.154. The van der Waals surface area contributed by atoms with E-state index in [9.17, 15) is 4.79 Å². The molecule has 5 nitrogen and oxygen atoms in total. The van der Waals surface area contributed by atoms with Gasteiger partial charge in [0, 0.05) is 11.9 Å². The van der Waals surface area contributed by atoms with Gasteiger partial charge in [-0.3, -0.25) is 9.78 Å². The molecule has 1 amide bonds. The van der Waals surface area contributed by atoms with Crippen LogP contribution in [0.25, 0.3) is 0 Å². The molecule has 0 radical (unpaired) electrons. The number of carbonyl (C=O) groups excluding carboxylic acids is 1. The zero-order valence-corrected chi connectivity index (χ0v) is 10.1. The molecule has 2 aromatic rings. The summed E-state index contributed by atoms with van der Waals surface area (Å²) in [5, 5.41) is 3.13. The monoisotopic (exact) mass is 242 g/mol. The summed E-state index contributed by atoms with van der Waals surface area (Å²) in [5.74, 6) is 0.206. The van der Waals surface area contributed by atoms with Crippen molar-refractivity contribution in [2.75, 3.05) is 5.32 Å². The molecule has 0 saturated heterocycles. The first kappa shape index (κ1) is 12.0. The molecule has 0 unspecified atom stereocenters. The van der Waals surface area contributed by atoms with Crippen molar-refractivity contribution >= 4 is 11.7 Å². The molecular formula is C13H14N4O. The maximum atomic E-state index is 10.9. The highest BCUT2D eigenvalue weighted by Gasteiger charge is 2.01. The van der Waals surface area contributed by atoms with Gasteiger partial charge in [0.05, 0.1) is 17.8 Å². The maximum absolute atomic E-state index is 10.9. The van der Waals surface area contributed by atoms with Crippen LogP contribution >= 0.6 is 0 Å². The third-order valence-corrected chi connectivity index (χ3v) is 2.44. The third-order valence-electron chi connectivity index (χ3n) is 2.44. The molecule has 5 heteroatoms. The Labute approximate surface area is 105 Å². The van der Waals surface area contributed by atoms with Crippen molar-refractivity contribution in [3.63, 3.8) is 0 Å². The van der Waals surface area contributed by atoms with Crippen LogP contribution < -0.4 is 11.1 Å². The van der Waals surface area contributed by atoms with Crippen molar-refractivity contribution in [2.45, 2.75) is 13.5 Å². The molecule has 0 aromatic carbocycles.